The Balaban J connectivity index is 1.98. The van der Waals surface area contributed by atoms with E-state index < -0.39 is 33.4 Å². The molecule has 0 amide bonds. The van der Waals surface area contributed by atoms with Crippen molar-refractivity contribution in [2.24, 2.45) is 11.3 Å². The minimum absolute atomic E-state index is 0.181. The van der Waals surface area contributed by atoms with Gasteiger partial charge in [0.05, 0.1) is 54.4 Å². The van der Waals surface area contributed by atoms with Gasteiger partial charge in [0.25, 0.3) is 0 Å². The SMILES string of the molecule is CCC(C)(O)CCC(C(C1(C)CCOCO1)C1(C)CCOCO1)(C1(C)CCOCO1)C1(C)CCOCO1. The Hall–Kier alpha value is -0.360. The first-order valence-corrected chi connectivity index (χ1v) is 14.1. The Morgan fingerprint density at radius 2 is 1.05 bits per heavy atom. The van der Waals surface area contributed by atoms with Crippen LogP contribution in [-0.2, 0) is 37.9 Å². The second kappa shape index (κ2) is 11.3. The van der Waals surface area contributed by atoms with Crippen LogP contribution in [0.3, 0.4) is 0 Å². The van der Waals surface area contributed by atoms with Crippen LogP contribution in [0.25, 0.3) is 0 Å². The Morgan fingerprint density at radius 3 is 1.38 bits per heavy atom. The molecule has 216 valence electrons. The molecule has 0 aromatic carbocycles. The summed E-state index contributed by atoms with van der Waals surface area (Å²) in [6.07, 6.45) is 4.70. The molecule has 0 bridgehead atoms. The molecule has 0 aromatic heterocycles. The van der Waals surface area contributed by atoms with E-state index >= 15 is 0 Å². The van der Waals surface area contributed by atoms with Gasteiger partial charge in [-0.3, -0.25) is 0 Å². The predicted molar refractivity (Wildman–Crippen MR) is 136 cm³/mol. The van der Waals surface area contributed by atoms with Crippen molar-refractivity contribution in [3.63, 3.8) is 0 Å². The summed E-state index contributed by atoms with van der Waals surface area (Å²) in [6.45, 7) is 16.0. The van der Waals surface area contributed by atoms with E-state index in [1.807, 2.05) is 13.8 Å². The van der Waals surface area contributed by atoms with Gasteiger partial charge in [-0.25, -0.2) is 0 Å². The van der Waals surface area contributed by atoms with Gasteiger partial charge in [-0.15, -0.1) is 0 Å². The topological polar surface area (TPSA) is 94.1 Å². The number of hydrogen-bond acceptors (Lipinski definition) is 9. The zero-order valence-electron chi connectivity index (χ0n) is 23.9. The highest BCUT2D eigenvalue weighted by atomic mass is 16.7. The molecule has 0 aliphatic carbocycles. The van der Waals surface area contributed by atoms with Crippen LogP contribution in [0.15, 0.2) is 0 Å². The largest absolute Gasteiger partial charge is 0.390 e. The summed E-state index contributed by atoms with van der Waals surface area (Å²) >= 11 is 0. The minimum atomic E-state index is -0.840. The van der Waals surface area contributed by atoms with E-state index in [1.165, 1.54) is 0 Å². The molecule has 0 saturated carbocycles. The molecule has 4 saturated heterocycles. The van der Waals surface area contributed by atoms with Crippen LogP contribution >= 0.6 is 0 Å². The van der Waals surface area contributed by atoms with E-state index in [1.54, 1.807) is 0 Å². The van der Waals surface area contributed by atoms with Crippen LogP contribution < -0.4 is 0 Å². The number of ether oxygens (including phenoxy) is 8. The molecule has 4 aliphatic heterocycles. The summed E-state index contributed by atoms with van der Waals surface area (Å²) in [5.41, 5.74) is -3.99. The van der Waals surface area contributed by atoms with Crippen LogP contribution in [0.5, 0.6) is 0 Å². The summed E-state index contributed by atoms with van der Waals surface area (Å²) in [7, 11) is 0. The number of aliphatic hydroxyl groups is 1. The highest BCUT2D eigenvalue weighted by Crippen LogP contribution is 2.65. The fourth-order valence-corrected chi connectivity index (χ4v) is 7.64. The monoisotopic (exact) mass is 530 g/mol. The lowest BCUT2D eigenvalue weighted by molar-refractivity contribution is -0.377. The fourth-order valence-electron chi connectivity index (χ4n) is 7.64. The molecule has 0 radical (unpaired) electrons. The smallest absolute Gasteiger partial charge is 0.147 e. The van der Waals surface area contributed by atoms with Gasteiger partial charge in [-0.05, 0) is 53.9 Å². The second-order valence-electron chi connectivity index (χ2n) is 12.5. The maximum absolute atomic E-state index is 11.3. The zero-order chi connectivity index (χ0) is 26.8. The Labute approximate surface area is 222 Å². The zero-order valence-corrected chi connectivity index (χ0v) is 23.9. The van der Waals surface area contributed by atoms with Gasteiger partial charge in [-0.2, -0.15) is 0 Å². The van der Waals surface area contributed by atoms with E-state index in [9.17, 15) is 5.11 Å². The van der Waals surface area contributed by atoms with E-state index in [2.05, 4.69) is 27.7 Å². The molecule has 4 fully saturated rings. The summed E-state index contributed by atoms with van der Waals surface area (Å²) in [5, 5.41) is 11.3. The van der Waals surface area contributed by atoms with Crippen LogP contribution in [0.4, 0.5) is 0 Å². The number of hydrogen-bond donors (Lipinski definition) is 1. The Kier molecular flexibility index (Phi) is 9.01. The Bertz CT molecular complexity index is 682. The summed E-state index contributed by atoms with van der Waals surface area (Å²) < 4.78 is 49.4. The lowest BCUT2D eigenvalue weighted by Crippen LogP contribution is -2.75. The first kappa shape index (κ1) is 29.6. The van der Waals surface area contributed by atoms with Gasteiger partial charge in [0.2, 0.25) is 0 Å². The molecular formula is C28H50O9. The highest BCUT2D eigenvalue weighted by Gasteiger charge is 2.72. The standard InChI is InChI=1S/C28H50O9/c1-7-23(2,29)8-9-28(26(5)12-16-32-20-36-26,27(6)13-17-33-21-37-27)22(24(3)10-14-30-18-34-24)25(4)11-15-31-19-35-25/h22,29H,7-21H2,1-6H3. The third kappa shape index (κ3) is 5.50. The van der Waals surface area contributed by atoms with E-state index in [4.69, 9.17) is 37.9 Å². The summed E-state index contributed by atoms with van der Waals surface area (Å²) in [5.74, 6) is -0.181. The van der Waals surface area contributed by atoms with Gasteiger partial charge in [0, 0.05) is 37.0 Å². The molecule has 1 N–H and O–H groups in total. The summed E-state index contributed by atoms with van der Waals surface area (Å²) in [6, 6.07) is 0. The first-order valence-electron chi connectivity index (χ1n) is 14.1. The molecule has 5 atom stereocenters. The summed E-state index contributed by atoms with van der Waals surface area (Å²) in [4.78, 5) is 0. The van der Waals surface area contributed by atoms with Crippen LogP contribution in [0.2, 0.25) is 0 Å². The lowest BCUT2D eigenvalue weighted by Gasteiger charge is -2.68. The predicted octanol–water partition coefficient (Wildman–Crippen LogP) is 4.14. The maximum atomic E-state index is 11.3. The molecular weight excluding hydrogens is 480 g/mol. The first-order chi connectivity index (χ1) is 17.5. The molecule has 4 rings (SSSR count). The van der Waals surface area contributed by atoms with Crippen molar-refractivity contribution < 1.29 is 43.0 Å². The van der Waals surface area contributed by atoms with Crippen LogP contribution in [0.1, 0.15) is 86.5 Å². The molecule has 0 aromatic rings. The van der Waals surface area contributed by atoms with Crippen LogP contribution in [0, 0.1) is 11.3 Å². The molecule has 0 spiro atoms. The van der Waals surface area contributed by atoms with Crippen LogP contribution in [-0.4, -0.2) is 86.7 Å². The van der Waals surface area contributed by atoms with Gasteiger partial charge in [0.1, 0.15) is 27.2 Å². The van der Waals surface area contributed by atoms with Crippen molar-refractivity contribution >= 4 is 0 Å². The third-order valence-electron chi connectivity index (χ3n) is 10.2. The maximum Gasteiger partial charge on any atom is 0.147 e. The molecule has 9 nitrogen and oxygen atoms in total. The fraction of sp³-hybridized carbons (Fsp3) is 1.00. The molecule has 4 aliphatic rings. The van der Waals surface area contributed by atoms with Gasteiger partial charge in [-0.1, -0.05) is 6.92 Å². The van der Waals surface area contributed by atoms with E-state index in [0.29, 0.717) is 71.4 Å². The van der Waals surface area contributed by atoms with Gasteiger partial charge in [0.15, 0.2) is 0 Å². The quantitative estimate of drug-likeness (QED) is 0.472. The molecule has 4 heterocycles. The third-order valence-corrected chi connectivity index (χ3v) is 10.2. The minimum Gasteiger partial charge on any atom is -0.390 e. The molecule has 5 unspecified atom stereocenters. The van der Waals surface area contributed by atoms with Crippen molar-refractivity contribution in [1.82, 2.24) is 0 Å². The van der Waals surface area contributed by atoms with Crippen molar-refractivity contribution in [1.29, 1.82) is 0 Å². The Morgan fingerprint density at radius 1 is 0.649 bits per heavy atom. The van der Waals surface area contributed by atoms with Crippen molar-refractivity contribution in [2.45, 2.75) is 114 Å². The second-order valence-corrected chi connectivity index (χ2v) is 12.5. The number of rotatable bonds is 9. The molecule has 37 heavy (non-hydrogen) atoms. The normalized spacial score (nSPS) is 41.9. The van der Waals surface area contributed by atoms with E-state index in [-0.39, 0.29) is 33.1 Å². The molecule has 9 heteroatoms. The van der Waals surface area contributed by atoms with E-state index in [0.717, 1.165) is 0 Å². The van der Waals surface area contributed by atoms with Crippen molar-refractivity contribution in [3.8, 4) is 0 Å². The van der Waals surface area contributed by atoms with Crippen molar-refractivity contribution in [2.75, 3.05) is 53.6 Å². The van der Waals surface area contributed by atoms with Crippen molar-refractivity contribution in [3.05, 3.63) is 0 Å². The highest BCUT2D eigenvalue weighted by molar-refractivity contribution is 5.20. The average molecular weight is 531 g/mol. The average Bonchev–Trinajstić information content (AvgIpc) is 2.87. The van der Waals surface area contributed by atoms with Gasteiger partial charge < -0.3 is 43.0 Å². The van der Waals surface area contributed by atoms with Gasteiger partial charge >= 0.3 is 0 Å². The lowest BCUT2D eigenvalue weighted by atomic mass is 9.45.